The number of hydrogen-bond donors (Lipinski definition) is 2. The Kier molecular flexibility index (Phi) is 1.37. The molecule has 3 nitrogen and oxygen atoms in total. The molecule has 1 aromatic carbocycles. The molecule has 2 aromatic rings. The second-order valence-corrected chi connectivity index (χ2v) is 2.64. The molecule has 12 heavy (non-hydrogen) atoms. The molecule has 0 aliphatic rings. The predicted octanol–water partition coefficient (Wildman–Crippen LogP) is 1.40. The van der Waals surface area contributed by atoms with E-state index in [1.165, 1.54) is 0 Å². The lowest BCUT2D eigenvalue weighted by atomic mass is 10.2. The molecule has 1 heterocycles. The molecule has 60 valence electrons. The fraction of sp³-hybridized carbons (Fsp3) is 0. The Labute approximate surface area is 70.0 Å². The minimum Gasteiger partial charge on any atom is -0.396 e. The van der Waals surface area contributed by atoms with E-state index in [1.807, 2.05) is 24.3 Å². The van der Waals surface area contributed by atoms with Gasteiger partial charge in [-0.25, -0.2) is 0 Å². The molecule has 0 saturated carbocycles. The van der Waals surface area contributed by atoms with Crippen molar-refractivity contribution in [2.24, 2.45) is 0 Å². The molecule has 0 saturated heterocycles. The van der Waals surface area contributed by atoms with E-state index < -0.39 is 0 Å². The van der Waals surface area contributed by atoms with Gasteiger partial charge in [-0.3, -0.25) is 4.98 Å². The van der Waals surface area contributed by atoms with Gasteiger partial charge in [-0.1, -0.05) is 18.2 Å². The minimum atomic E-state index is 0.536. The van der Waals surface area contributed by atoms with E-state index in [0.717, 1.165) is 10.9 Å². The number of benzene rings is 1. The van der Waals surface area contributed by atoms with Crippen LogP contribution in [0.3, 0.4) is 0 Å². The van der Waals surface area contributed by atoms with E-state index in [0.29, 0.717) is 11.4 Å². The summed E-state index contributed by atoms with van der Waals surface area (Å²) in [5.74, 6) is 0. The summed E-state index contributed by atoms with van der Waals surface area (Å²) < 4.78 is 0. The molecule has 0 aliphatic heterocycles. The second kappa shape index (κ2) is 2.37. The van der Waals surface area contributed by atoms with Crippen molar-refractivity contribution in [3.05, 3.63) is 30.5 Å². The minimum absolute atomic E-state index is 0.536. The number of fused-ring (bicyclic) bond motifs is 1. The van der Waals surface area contributed by atoms with Crippen LogP contribution in [0.25, 0.3) is 10.9 Å². The lowest BCUT2D eigenvalue weighted by Gasteiger charge is -2.02. The zero-order valence-corrected chi connectivity index (χ0v) is 6.49. The van der Waals surface area contributed by atoms with Crippen LogP contribution in [0.5, 0.6) is 0 Å². The number of pyridine rings is 1. The number of rotatable bonds is 0. The van der Waals surface area contributed by atoms with Crippen molar-refractivity contribution in [1.29, 1.82) is 0 Å². The Bertz CT molecular complexity index is 423. The average molecular weight is 159 g/mol. The molecule has 0 amide bonds. The van der Waals surface area contributed by atoms with Crippen molar-refractivity contribution in [2.75, 3.05) is 11.5 Å². The number of nitrogens with zero attached hydrogens (tertiary/aromatic N) is 1. The first-order chi connectivity index (χ1) is 5.79. The number of para-hydroxylation sites is 1. The third-order valence-electron chi connectivity index (χ3n) is 1.85. The van der Waals surface area contributed by atoms with Gasteiger partial charge in [0.15, 0.2) is 0 Å². The van der Waals surface area contributed by atoms with E-state index in [-0.39, 0.29) is 0 Å². The maximum Gasteiger partial charge on any atom is 0.0740 e. The number of nitrogen functional groups attached to an aromatic ring is 2. The highest BCUT2D eigenvalue weighted by molar-refractivity contribution is 5.95. The first kappa shape index (κ1) is 6.91. The van der Waals surface area contributed by atoms with E-state index >= 15 is 0 Å². The topological polar surface area (TPSA) is 64.9 Å². The van der Waals surface area contributed by atoms with E-state index in [4.69, 9.17) is 11.5 Å². The van der Waals surface area contributed by atoms with Crippen LogP contribution in [0.15, 0.2) is 30.5 Å². The second-order valence-electron chi connectivity index (χ2n) is 2.64. The van der Waals surface area contributed by atoms with Crippen LogP contribution in [0.4, 0.5) is 11.4 Å². The van der Waals surface area contributed by atoms with Crippen LogP contribution >= 0.6 is 0 Å². The number of aromatic nitrogens is 1. The predicted molar refractivity (Wildman–Crippen MR) is 50.6 cm³/mol. The van der Waals surface area contributed by atoms with Gasteiger partial charge in [-0.15, -0.1) is 0 Å². The highest BCUT2D eigenvalue weighted by Crippen LogP contribution is 2.23. The van der Waals surface area contributed by atoms with Crippen LogP contribution in [0, 0.1) is 0 Å². The van der Waals surface area contributed by atoms with Crippen molar-refractivity contribution < 1.29 is 0 Å². The highest BCUT2D eigenvalue weighted by Gasteiger charge is 2.00. The van der Waals surface area contributed by atoms with Gasteiger partial charge in [-0.05, 0) is 6.07 Å². The largest absolute Gasteiger partial charge is 0.396 e. The van der Waals surface area contributed by atoms with E-state index in [1.54, 1.807) is 6.20 Å². The summed E-state index contributed by atoms with van der Waals surface area (Å²) in [4.78, 5) is 4.14. The summed E-state index contributed by atoms with van der Waals surface area (Å²) in [5.41, 5.74) is 13.4. The number of hydrogen-bond acceptors (Lipinski definition) is 3. The lowest BCUT2D eigenvalue weighted by molar-refractivity contribution is 1.41. The standard InChI is InChI=1S/C9H9N3/c10-7-5-12-8-4-2-1-3-6(8)9(7)11/h1-5H,10H2,(H2,11,12). The van der Waals surface area contributed by atoms with Crippen LogP contribution < -0.4 is 11.5 Å². The van der Waals surface area contributed by atoms with Crippen LogP contribution in [-0.4, -0.2) is 4.98 Å². The molecular weight excluding hydrogens is 150 g/mol. The fourth-order valence-electron chi connectivity index (χ4n) is 1.18. The van der Waals surface area contributed by atoms with Crippen molar-refractivity contribution in [2.45, 2.75) is 0 Å². The smallest absolute Gasteiger partial charge is 0.0740 e. The zero-order valence-electron chi connectivity index (χ0n) is 6.49. The van der Waals surface area contributed by atoms with Crippen molar-refractivity contribution in [3.8, 4) is 0 Å². The quantitative estimate of drug-likeness (QED) is 0.610. The summed E-state index contributed by atoms with van der Waals surface area (Å²) in [6.07, 6.45) is 1.58. The monoisotopic (exact) mass is 159 g/mol. The molecule has 0 unspecified atom stereocenters. The first-order valence-corrected chi connectivity index (χ1v) is 3.68. The summed E-state index contributed by atoms with van der Waals surface area (Å²) in [5, 5.41) is 0.914. The van der Waals surface area contributed by atoms with Gasteiger partial charge in [0, 0.05) is 5.39 Å². The average Bonchev–Trinajstić information content (AvgIpc) is 2.12. The number of nitrogens with two attached hydrogens (primary N) is 2. The maximum absolute atomic E-state index is 5.75. The molecule has 2 rings (SSSR count). The molecule has 0 fully saturated rings. The van der Waals surface area contributed by atoms with E-state index in [2.05, 4.69) is 4.98 Å². The third kappa shape index (κ3) is 0.871. The van der Waals surface area contributed by atoms with Crippen LogP contribution in [-0.2, 0) is 0 Å². The van der Waals surface area contributed by atoms with Gasteiger partial charge in [0.05, 0.1) is 23.1 Å². The Balaban J connectivity index is 2.91. The van der Waals surface area contributed by atoms with Gasteiger partial charge in [0.2, 0.25) is 0 Å². The van der Waals surface area contributed by atoms with Crippen molar-refractivity contribution in [1.82, 2.24) is 4.98 Å². The molecule has 0 bridgehead atoms. The van der Waals surface area contributed by atoms with Crippen molar-refractivity contribution >= 4 is 22.3 Å². The molecule has 3 heteroatoms. The Morgan fingerprint density at radius 2 is 1.83 bits per heavy atom. The third-order valence-corrected chi connectivity index (χ3v) is 1.85. The molecule has 0 radical (unpaired) electrons. The number of anilines is 2. The molecular formula is C9H9N3. The summed E-state index contributed by atoms with van der Waals surface area (Å²) >= 11 is 0. The van der Waals surface area contributed by atoms with Crippen LogP contribution in [0.2, 0.25) is 0 Å². The van der Waals surface area contributed by atoms with E-state index in [9.17, 15) is 0 Å². The summed E-state index contributed by atoms with van der Waals surface area (Å²) in [7, 11) is 0. The van der Waals surface area contributed by atoms with Gasteiger partial charge >= 0.3 is 0 Å². The van der Waals surface area contributed by atoms with Gasteiger partial charge < -0.3 is 11.5 Å². The van der Waals surface area contributed by atoms with Gasteiger partial charge in [0.25, 0.3) is 0 Å². The fourth-order valence-corrected chi connectivity index (χ4v) is 1.18. The Morgan fingerprint density at radius 1 is 1.08 bits per heavy atom. The van der Waals surface area contributed by atoms with Gasteiger partial charge in [-0.2, -0.15) is 0 Å². The first-order valence-electron chi connectivity index (χ1n) is 3.68. The normalized spacial score (nSPS) is 10.3. The SMILES string of the molecule is Nc1cnc2ccccc2c1N. The molecule has 0 aliphatic carbocycles. The molecule has 4 N–H and O–H groups in total. The molecule has 0 atom stereocenters. The Hall–Kier alpha value is -1.77. The maximum atomic E-state index is 5.75. The molecule has 0 spiro atoms. The highest BCUT2D eigenvalue weighted by atomic mass is 14.8. The van der Waals surface area contributed by atoms with Gasteiger partial charge in [0.1, 0.15) is 0 Å². The Morgan fingerprint density at radius 3 is 2.67 bits per heavy atom. The zero-order chi connectivity index (χ0) is 8.55. The summed E-state index contributed by atoms with van der Waals surface area (Å²) in [6, 6.07) is 7.66. The molecule has 1 aromatic heterocycles. The summed E-state index contributed by atoms with van der Waals surface area (Å²) in [6.45, 7) is 0. The lowest BCUT2D eigenvalue weighted by Crippen LogP contribution is -1.96. The van der Waals surface area contributed by atoms with Crippen molar-refractivity contribution in [3.63, 3.8) is 0 Å². The van der Waals surface area contributed by atoms with Crippen LogP contribution in [0.1, 0.15) is 0 Å².